The summed E-state index contributed by atoms with van der Waals surface area (Å²) in [6.45, 7) is 0. The second-order valence-electron chi connectivity index (χ2n) is 3.99. The molecule has 0 aliphatic carbocycles. The van der Waals surface area contributed by atoms with Gasteiger partial charge in [-0.2, -0.15) is 0 Å². The first-order valence-electron chi connectivity index (χ1n) is 5.11. The van der Waals surface area contributed by atoms with Crippen LogP contribution in [0.25, 0.3) is 0 Å². The van der Waals surface area contributed by atoms with Crippen LogP contribution in [0.3, 0.4) is 0 Å². The first-order chi connectivity index (χ1) is 8.65. The van der Waals surface area contributed by atoms with Crippen LogP contribution in [0, 0.1) is 0 Å². The molecule has 1 rings (SSSR count). The molecular weight excluding hydrogens is 338 g/mol. The molecule has 1 amide bonds. The summed E-state index contributed by atoms with van der Waals surface area (Å²) in [7, 11) is -0.960. The van der Waals surface area contributed by atoms with Crippen molar-refractivity contribution in [2.45, 2.75) is 4.90 Å². The molecule has 0 aliphatic heterocycles. The number of hydrogen-bond acceptors (Lipinski definition) is 4. The number of aromatic carboxylic acids is 1. The van der Waals surface area contributed by atoms with E-state index in [1.165, 1.54) is 26.2 Å². The molecule has 0 saturated carbocycles. The number of carbonyl (C=O) groups excluding carboxylic acids is 1. The van der Waals surface area contributed by atoms with Crippen LogP contribution in [-0.4, -0.2) is 50.1 Å². The van der Waals surface area contributed by atoms with Gasteiger partial charge in [-0.1, -0.05) is 0 Å². The summed E-state index contributed by atoms with van der Waals surface area (Å²) < 4.78 is 24.2. The molecule has 1 aromatic rings. The molecule has 104 valence electrons. The van der Waals surface area contributed by atoms with Gasteiger partial charge < -0.3 is 10.0 Å². The van der Waals surface area contributed by atoms with E-state index in [1.54, 1.807) is 0 Å². The molecule has 0 spiro atoms. The molecule has 1 N–H and O–H groups in total. The SMILES string of the molecule is CN(C)C(=O)CS(=O)(=O)c1ccc(Br)c(C(=O)O)c1. The molecule has 0 heterocycles. The minimum Gasteiger partial charge on any atom is -0.478 e. The van der Waals surface area contributed by atoms with E-state index in [0.717, 1.165) is 11.0 Å². The average molecular weight is 350 g/mol. The van der Waals surface area contributed by atoms with Crippen molar-refractivity contribution < 1.29 is 23.1 Å². The summed E-state index contributed by atoms with van der Waals surface area (Å²) in [4.78, 5) is 23.3. The molecule has 0 fully saturated rings. The van der Waals surface area contributed by atoms with Gasteiger partial charge in [0, 0.05) is 18.6 Å². The first kappa shape index (κ1) is 15.6. The summed E-state index contributed by atoms with van der Waals surface area (Å²) in [5.41, 5.74) is -0.168. The van der Waals surface area contributed by atoms with Gasteiger partial charge in [0.1, 0.15) is 5.75 Å². The van der Waals surface area contributed by atoms with E-state index < -0.39 is 27.5 Å². The Hall–Kier alpha value is -1.41. The van der Waals surface area contributed by atoms with Gasteiger partial charge in [-0.3, -0.25) is 4.79 Å². The highest BCUT2D eigenvalue weighted by Crippen LogP contribution is 2.22. The average Bonchev–Trinajstić information content (AvgIpc) is 2.27. The van der Waals surface area contributed by atoms with Crippen LogP contribution in [0.2, 0.25) is 0 Å². The van der Waals surface area contributed by atoms with Gasteiger partial charge in [0.2, 0.25) is 5.91 Å². The van der Waals surface area contributed by atoms with Crippen molar-refractivity contribution in [3.05, 3.63) is 28.2 Å². The van der Waals surface area contributed by atoms with Gasteiger partial charge in [0.05, 0.1) is 10.5 Å². The van der Waals surface area contributed by atoms with Crippen LogP contribution >= 0.6 is 15.9 Å². The number of sulfone groups is 1. The highest BCUT2D eigenvalue weighted by Gasteiger charge is 2.22. The van der Waals surface area contributed by atoms with Gasteiger partial charge in [0.15, 0.2) is 9.84 Å². The van der Waals surface area contributed by atoms with Gasteiger partial charge in [-0.15, -0.1) is 0 Å². The molecule has 0 aromatic heterocycles. The quantitative estimate of drug-likeness (QED) is 0.875. The van der Waals surface area contributed by atoms with Crippen molar-refractivity contribution in [3.63, 3.8) is 0 Å². The minimum atomic E-state index is -3.85. The molecule has 0 radical (unpaired) electrons. The topological polar surface area (TPSA) is 91.8 Å². The van der Waals surface area contributed by atoms with Crippen LogP contribution in [0.4, 0.5) is 0 Å². The number of rotatable bonds is 4. The second kappa shape index (κ2) is 5.70. The number of nitrogens with zero attached hydrogens (tertiary/aromatic N) is 1. The molecule has 6 nitrogen and oxygen atoms in total. The number of amides is 1. The zero-order valence-electron chi connectivity index (χ0n) is 10.3. The molecule has 0 aliphatic rings. The highest BCUT2D eigenvalue weighted by molar-refractivity contribution is 9.10. The Morgan fingerprint density at radius 1 is 1.32 bits per heavy atom. The molecule has 19 heavy (non-hydrogen) atoms. The largest absolute Gasteiger partial charge is 0.478 e. The molecule has 0 saturated heterocycles. The molecule has 0 unspecified atom stereocenters. The van der Waals surface area contributed by atoms with E-state index in [-0.39, 0.29) is 14.9 Å². The van der Waals surface area contributed by atoms with Crippen molar-refractivity contribution in [1.82, 2.24) is 4.90 Å². The summed E-state index contributed by atoms with van der Waals surface area (Å²) in [5.74, 6) is -2.51. The fourth-order valence-corrected chi connectivity index (χ4v) is 2.98. The zero-order chi connectivity index (χ0) is 14.8. The van der Waals surface area contributed by atoms with E-state index in [2.05, 4.69) is 15.9 Å². The van der Waals surface area contributed by atoms with E-state index in [0.29, 0.717) is 0 Å². The lowest BCUT2D eigenvalue weighted by molar-refractivity contribution is -0.125. The second-order valence-corrected chi connectivity index (χ2v) is 6.84. The standard InChI is InChI=1S/C11H12BrNO5S/c1-13(2)10(14)6-19(17,18)7-3-4-9(12)8(5-7)11(15)16/h3-5H,6H2,1-2H3,(H,15,16). The van der Waals surface area contributed by atoms with E-state index in [9.17, 15) is 18.0 Å². The molecule has 1 aromatic carbocycles. The Bertz CT molecular complexity index is 624. The van der Waals surface area contributed by atoms with Gasteiger partial charge in [-0.05, 0) is 34.1 Å². The number of carbonyl (C=O) groups is 2. The number of hydrogen-bond donors (Lipinski definition) is 1. The Balaban J connectivity index is 3.19. The summed E-state index contributed by atoms with van der Waals surface area (Å²) in [6.07, 6.45) is 0. The van der Waals surface area contributed by atoms with Gasteiger partial charge in [-0.25, -0.2) is 13.2 Å². The number of carboxylic acids is 1. The first-order valence-corrected chi connectivity index (χ1v) is 7.55. The van der Waals surface area contributed by atoms with Gasteiger partial charge >= 0.3 is 5.97 Å². The monoisotopic (exact) mass is 349 g/mol. The Morgan fingerprint density at radius 2 is 1.89 bits per heavy atom. The summed E-state index contributed by atoms with van der Waals surface area (Å²) in [6, 6.07) is 3.62. The summed E-state index contributed by atoms with van der Waals surface area (Å²) in [5, 5.41) is 8.93. The maximum atomic E-state index is 12.0. The van der Waals surface area contributed by atoms with Crippen LogP contribution in [0.1, 0.15) is 10.4 Å². The van der Waals surface area contributed by atoms with Crippen LogP contribution < -0.4 is 0 Å². The molecule has 0 bridgehead atoms. The zero-order valence-corrected chi connectivity index (χ0v) is 12.7. The van der Waals surface area contributed by atoms with E-state index in [1.807, 2.05) is 0 Å². The Kier molecular flexibility index (Phi) is 4.70. The molecular formula is C11H12BrNO5S. The van der Waals surface area contributed by atoms with E-state index in [4.69, 9.17) is 5.11 Å². The predicted molar refractivity (Wildman–Crippen MR) is 71.8 cm³/mol. The smallest absolute Gasteiger partial charge is 0.336 e. The number of halogens is 1. The van der Waals surface area contributed by atoms with Crippen molar-refractivity contribution in [1.29, 1.82) is 0 Å². The van der Waals surface area contributed by atoms with Crippen molar-refractivity contribution in [2.24, 2.45) is 0 Å². The van der Waals surface area contributed by atoms with Crippen LogP contribution in [0.5, 0.6) is 0 Å². The van der Waals surface area contributed by atoms with E-state index >= 15 is 0 Å². The Labute approximate surface area is 119 Å². The lowest BCUT2D eigenvalue weighted by Crippen LogP contribution is -2.29. The normalized spacial score (nSPS) is 11.1. The fourth-order valence-electron chi connectivity index (χ4n) is 1.24. The number of carboxylic acid groups (broad SMARTS) is 1. The van der Waals surface area contributed by atoms with Crippen molar-refractivity contribution in [2.75, 3.05) is 19.8 Å². The third-order valence-corrected chi connectivity index (χ3v) is 4.63. The maximum absolute atomic E-state index is 12.0. The molecule has 8 heteroatoms. The minimum absolute atomic E-state index is 0.168. The lowest BCUT2D eigenvalue weighted by atomic mass is 10.2. The lowest BCUT2D eigenvalue weighted by Gasteiger charge is -2.11. The third-order valence-electron chi connectivity index (χ3n) is 2.34. The summed E-state index contributed by atoms with van der Waals surface area (Å²) >= 11 is 3.02. The highest BCUT2D eigenvalue weighted by atomic mass is 79.9. The van der Waals surface area contributed by atoms with Crippen molar-refractivity contribution >= 4 is 37.6 Å². The van der Waals surface area contributed by atoms with Gasteiger partial charge in [0.25, 0.3) is 0 Å². The Morgan fingerprint density at radius 3 is 2.37 bits per heavy atom. The predicted octanol–water partition coefficient (Wildman–Crippen LogP) is 1.01. The number of benzene rings is 1. The third kappa shape index (κ3) is 3.77. The fraction of sp³-hybridized carbons (Fsp3) is 0.273. The van der Waals surface area contributed by atoms with Crippen LogP contribution in [0.15, 0.2) is 27.6 Å². The maximum Gasteiger partial charge on any atom is 0.336 e. The van der Waals surface area contributed by atoms with Crippen molar-refractivity contribution in [3.8, 4) is 0 Å². The van der Waals surface area contributed by atoms with Crippen LogP contribution in [-0.2, 0) is 14.6 Å². The molecule has 0 atom stereocenters.